The number of unbranched alkanes of at least 4 members (excludes halogenated alkanes) is 5. The molecule has 1 saturated carbocycles. The van der Waals surface area contributed by atoms with E-state index in [-0.39, 0.29) is 5.97 Å². The van der Waals surface area contributed by atoms with E-state index in [9.17, 15) is 4.79 Å². The standard InChI is InChI=1S/C18H30O2/c1-2-20-18(19)10-8-6-4-3-5-7-9-16-13-15-11-12-17(16)14-15/h11-12,15-17H,2-10,13-14H2,1H3/t15-,16+,17-/m0/s1. The molecule has 0 aromatic rings. The third kappa shape index (κ3) is 4.96. The molecule has 0 spiro atoms. The summed E-state index contributed by atoms with van der Waals surface area (Å²) >= 11 is 0. The Morgan fingerprint density at radius 2 is 1.80 bits per heavy atom. The highest BCUT2D eigenvalue weighted by Crippen LogP contribution is 2.45. The lowest BCUT2D eigenvalue weighted by atomic mass is 9.88. The normalized spacial score (nSPS) is 27.1. The van der Waals surface area contributed by atoms with Crippen molar-refractivity contribution in [2.24, 2.45) is 17.8 Å². The second-order valence-electron chi connectivity index (χ2n) is 6.51. The predicted molar refractivity (Wildman–Crippen MR) is 82.4 cm³/mol. The Labute approximate surface area is 124 Å². The zero-order valence-corrected chi connectivity index (χ0v) is 13.0. The topological polar surface area (TPSA) is 26.3 Å². The lowest BCUT2D eigenvalue weighted by Gasteiger charge is -2.17. The fraction of sp³-hybridized carbons (Fsp3) is 0.833. The van der Waals surface area contributed by atoms with Gasteiger partial charge in [0.05, 0.1) is 6.61 Å². The molecule has 1 fully saturated rings. The van der Waals surface area contributed by atoms with Crippen LogP contribution in [-0.4, -0.2) is 12.6 Å². The quantitative estimate of drug-likeness (QED) is 0.323. The van der Waals surface area contributed by atoms with E-state index in [1.807, 2.05) is 6.92 Å². The maximum atomic E-state index is 11.2. The summed E-state index contributed by atoms with van der Waals surface area (Å²) in [6, 6.07) is 0. The van der Waals surface area contributed by atoms with E-state index in [1.165, 1.54) is 51.4 Å². The van der Waals surface area contributed by atoms with Crippen molar-refractivity contribution in [3.05, 3.63) is 12.2 Å². The summed E-state index contributed by atoms with van der Waals surface area (Å²) in [6.45, 7) is 2.38. The third-order valence-corrected chi connectivity index (χ3v) is 4.93. The van der Waals surface area contributed by atoms with Crippen LogP contribution in [0.15, 0.2) is 12.2 Å². The van der Waals surface area contributed by atoms with Crippen molar-refractivity contribution >= 4 is 5.97 Å². The minimum atomic E-state index is -0.0307. The molecule has 0 aromatic carbocycles. The number of esters is 1. The van der Waals surface area contributed by atoms with E-state index < -0.39 is 0 Å². The van der Waals surface area contributed by atoms with Crippen LogP contribution in [0.2, 0.25) is 0 Å². The number of ether oxygens (including phenoxy) is 1. The Balaban J connectivity index is 1.37. The molecular formula is C18H30O2. The molecule has 0 N–H and O–H groups in total. The lowest BCUT2D eigenvalue weighted by Crippen LogP contribution is -2.06. The highest BCUT2D eigenvalue weighted by molar-refractivity contribution is 5.69. The van der Waals surface area contributed by atoms with Gasteiger partial charge in [-0.1, -0.05) is 44.3 Å². The van der Waals surface area contributed by atoms with Crippen molar-refractivity contribution in [3.8, 4) is 0 Å². The van der Waals surface area contributed by atoms with Gasteiger partial charge in [0.25, 0.3) is 0 Å². The van der Waals surface area contributed by atoms with Crippen LogP contribution in [0.1, 0.15) is 71.1 Å². The molecule has 3 atom stereocenters. The summed E-state index contributed by atoms with van der Waals surface area (Å²) in [4.78, 5) is 11.2. The van der Waals surface area contributed by atoms with E-state index in [1.54, 1.807) is 0 Å². The summed E-state index contributed by atoms with van der Waals surface area (Å²) in [7, 11) is 0. The van der Waals surface area contributed by atoms with Gasteiger partial charge < -0.3 is 4.74 Å². The summed E-state index contributed by atoms with van der Waals surface area (Å²) < 4.78 is 4.92. The fourth-order valence-corrected chi connectivity index (χ4v) is 3.84. The number of carbonyl (C=O) groups excluding carboxylic acids is 1. The Bertz CT molecular complexity index is 321. The number of hydrogen-bond acceptors (Lipinski definition) is 2. The van der Waals surface area contributed by atoms with Gasteiger partial charge in [0, 0.05) is 6.42 Å². The first-order valence-corrected chi connectivity index (χ1v) is 8.63. The molecule has 2 aliphatic carbocycles. The number of carbonyl (C=O) groups is 1. The highest BCUT2D eigenvalue weighted by Gasteiger charge is 2.34. The smallest absolute Gasteiger partial charge is 0.305 e. The zero-order chi connectivity index (χ0) is 14.2. The van der Waals surface area contributed by atoms with Crippen molar-refractivity contribution in [3.63, 3.8) is 0 Å². The SMILES string of the molecule is CCOC(=O)CCCCCCCC[C@@H]1C[C@@H]2C=C[C@H]1C2. The first-order chi connectivity index (χ1) is 9.79. The van der Waals surface area contributed by atoms with Crippen LogP contribution in [0.3, 0.4) is 0 Å². The van der Waals surface area contributed by atoms with E-state index in [0.717, 1.165) is 24.2 Å². The molecule has 114 valence electrons. The van der Waals surface area contributed by atoms with E-state index >= 15 is 0 Å². The molecule has 0 radical (unpaired) electrons. The van der Waals surface area contributed by atoms with Gasteiger partial charge in [-0.05, 0) is 50.4 Å². The van der Waals surface area contributed by atoms with Gasteiger partial charge in [-0.2, -0.15) is 0 Å². The molecule has 0 unspecified atom stereocenters. The molecule has 0 saturated heterocycles. The van der Waals surface area contributed by atoms with Crippen molar-refractivity contribution in [1.82, 2.24) is 0 Å². The second kappa shape index (κ2) is 8.49. The van der Waals surface area contributed by atoms with Crippen molar-refractivity contribution in [2.75, 3.05) is 6.61 Å². The first kappa shape index (κ1) is 15.6. The molecule has 2 bridgehead atoms. The molecule has 2 aliphatic rings. The van der Waals surface area contributed by atoms with Gasteiger partial charge in [-0.15, -0.1) is 0 Å². The van der Waals surface area contributed by atoms with Gasteiger partial charge in [-0.3, -0.25) is 4.79 Å². The van der Waals surface area contributed by atoms with Crippen LogP contribution in [0, 0.1) is 17.8 Å². The van der Waals surface area contributed by atoms with Crippen molar-refractivity contribution in [1.29, 1.82) is 0 Å². The van der Waals surface area contributed by atoms with Crippen molar-refractivity contribution in [2.45, 2.75) is 71.1 Å². The van der Waals surface area contributed by atoms with Crippen LogP contribution in [0.5, 0.6) is 0 Å². The van der Waals surface area contributed by atoms with E-state index in [0.29, 0.717) is 13.0 Å². The van der Waals surface area contributed by atoms with Crippen LogP contribution in [0.25, 0.3) is 0 Å². The molecule has 2 rings (SSSR count). The van der Waals surface area contributed by atoms with E-state index in [2.05, 4.69) is 12.2 Å². The maximum Gasteiger partial charge on any atom is 0.305 e. The summed E-state index contributed by atoms with van der Waals surface area (Å²) in [5.41, 5.74) is 0. The average molecular weight is 278 g/mol. The Hall–Kier alpha value is -0.790. The number of hydrogen-bond donors (Lipinski definition) is 0. The minimum Gasteiger partial charge on any atom is -0.466 e. The first-order valence-electron chi connectivity index (χ1n) is 8.63. The third-order valence-electron chi connectivity index (χ3n) is 4.93. The molecule has 0 aliphatic heterocycles. The van der Waals surface area contributed by atoms with Gasteiger partial charge >= 0.3 is 5.97 Å². The largest absolute Gasteiger partial charge is 0.466 e. The van der Waals surface area contributed by atoms with Crippen molar-refractivity contribution < 1.29 is 9.53 Å². The molecular weight excluding hydrogens is 248 g/mol. The summed E-state index contributed by atoms with van der Waals surface area (Å²) in [6.07, 6.45) is 17.4. The number of rotatable bonds is 10. The van der Waals surface area contributed by atoms with Crippen LogP contribution in [0.4, 0.5) is 0 Å². The Morgan fingerprint density at radius 3 is 2.45 bits per heavy atom. The lowest BCUT2D eigenvalue weighted by molar-refractivity contribution is -0.143. The maximum absolute atomic E-state index is 11.2. The van der Waals surface area contributed by atoms with Gasteiger partial charge in [0.15, 0.2) is 0 Å². The Morgan fingerprint density at radius 1 is 1.05 bits per heavy atom. The van der Waals surface area contributed by atoms with Gasteiger partial charge in [0.1, 0.15) is 0 Å². The van der Waals surface area contributed by atoms with E-state index in [4.69, 9.17) is 4.74 Å². The molecule has 20 heavy (non-hydrogen) atoms. The highest BCUT2D eigenvalue weighted by atomic mass is 16.5. The predicted octanol–water partition coefficient (Wildman–Crippen LogP) is 4.88. The fourth-order valence-electron chi connectivity index (χ4n) is 3.84. The molecule has 2 heteroatoms. The number of allylic oxidation sites excluding steroid dienone is 2. The van der Waals surface area contributed by atoms with Crippen LogP contribution < -0.4 is 0 Å². The number of fused-ring (bicyclic) bond motifs is 2. The van der Waals surface area contributed by atoms with Crippen LogP contribution >= 0.6 is 0 Å². The molecule has 0 amide bonds. The van der Waals surface area contributed by atoms with Gasteiger partial charge in [0.2, 0.25) is 0 Å². The summed E-state index contributed by atoms with van der Waals surface area (Å²) in [5.74, 6) is 2.81. The molecule has 2 nitrogen and oxygen atoms in total. The monoisotopic (exact) mass is 278 g/mol. The minimum absolute atomic E-state index is 0.0307. The molecule has 0 heterocycles. The average Bonchev–Trinajstić information content (AvgIpc) is 3.04. The van der Waals surface area contributed by atoms with Crippen LogP contribution in [-0.2, 0) is 9.53 Å². The zero-order valence-electron chi connectivity index (χ0n) is 13.0. The summed E-state index contributed by atoms with van der Waals surface area (Å²) in [5, 5.41) is 0. The molecule has 0 aromatic heterocycles. The Kier molecular flexibility index (Phi) is 6.62. The van der Waals surface area contributed by atoms with Gasteiger partial charge in [-0.25, -0.2) is 0 Å². The second-order valence-corrected chi connectivity index (χ2v) is 6.51.